The van der Waals surface area contributed by atoms with E-state index >= 15 is 0 Å². The summed E-state index contributed by atoms with van der Waals surface area (Å²) in [6.45, 7) is 2.64. The van der Waals surface area contributed by atoms with Crippen molar-refractivity contribution in [1.82, 2.24) is 0 Å². The first-order valence-corrected chi connectivity index (χ1v) is 5.10. The highest BCUT2D eigenvalue weighted by Crippen LogP contribution is 2.18. The van der Waals surface area contributed by atoms with Crippen LogP contribution in [0.4, 0.5) is 5.69 Å². The number of azo groups is 1. The molecule has 1 aromatic carbocycles. The Morgan fingerprint density at radius 3 is 2.06 bits per heavy atom. The molecule has 90 valence electrons. The lowest BCUT2D eigenvalue weighted by molar-refractivity contribution is -0.126. The van der Waals surface area contributed by atoms with Gasteiger partial charge in [-0.3, -0.25) is 9.59 Å². The zero-order valence-corrected chi connectivity index (χ0v) is 10.0. The van der Waals surface area contributed by atoms with E-state index in [1.54, 1.807) is 31.4 Å². The maximum Gasteiger partial charge on any atom is 0.187 e. The maximum absolute atomic E-state index is 11.1. The summed E-state index contributed by atoms with van der Waals surface area (Å²) in [5.74, 6) is 0.0863. The van der Waals surface area contributed by atoms with Gasteiger partial charge in [0, 0.05) is 0 Å². The minimum absolute atomic E-state index is 0.310. The van der Waals surface area contributed by atoms with Gasteiger partial charge in [0.25, 0.3) is 0 Å². The lowest BCUT2D eigenvalue weighted by atomic mass is 10.1. The van der Waals surface area contributed by atoms with Crippen LogP contribution in [0.3, 0.4) is 0 Å². The van der Waals surface area contributed by atoms with Crippen molar-refractivity contribution in [2.24, 2.45) is 10.2 Å². The third-order valence-corrected chi connectivity index (χ3v) is 2.13. The average molecular weight is 234 g/mol. The molecule has 0 heterocycles. The molecule has 0 saturated heterocycles. The van der Waals surface area contributed by atoms with Crippen LogP contribution in [-0.4, -0.2) is 24.7 Å². The molecule has 1 aromatic rings. The number of nitrogens with zero attached hydrogens (tertiary/aromatic N) is 2. The summed E-state index contributed by atoms with van der Waals surface area (Å²) in [7, 11) is 1.57. The summed E-state index contributed by atoms with van der Waals surface area (Å²) >= 11 is 0. The number of rotatable bonds is 5. The van der Waals surface area contributed by atoms with Gasteiger partial charge in [0.15, 0.2) is 17.6 Å². The summed E-state index contributed by atoms with van der Waals surface area (Å²) < 4.78 is 4.99. The first-order chi connectivity index (χ1) is 8.04. The molecule has 0 radical (unpaired) electrons. The Hall–Kier alpha value is -2.04. The van der Waals surface area contributed by atoms with E-state index < -0.39 is 6.04 Å². The maximum atomic E-state index is 11.1. The lowest BCUT2D eigenvalue weighted by Gasteiger charge is -2.02. The van der Waals surface area contributed by atoms with Gasteiger partial charge >= 0.3 is 0 Å². The number of benzene rings is 1. The molecule has 0 N–H and O–H groups in total. The quantitative estimate of drug-likeness (QED) is 0.580. The Balaban J connectivity index is 2.81. The summed E-state index contributed by atoms with van der Waals surface area (Å²) in [5, 5.41) is 7.59. The van der Waals surface area contributed by atoms with Gasteiger partial charge in [0.1, 0.15) is 5.75 Å². The Labute approximate surface area is 99.5 Å². The van der Waals surface area contributed by atoms with E-state index in [0.29, 0.717) is 11.4 Å². The second-order valence-electron chi connectivity index (χ2n) is 3.54. The summed E-state index contributed by atoms with van der Waals surface area (Å²) in [4.78, 5) is 22.2. The van der Waals surface area contributed by atoms with Crippen molar-refractivity contribution in [3.8, 4) is 5.75 Å². The van der Waals surface area contributed by atoms with Crippen LogP contribution in [0.5, 0.6) is 5.75 Å². The van der Waals surface area contributed by atoms with Crippen LogP contribution in [-0.2, 0) is 9.59 Å². The fourth-order valence-electron chi connectivity index (χ4n) is 1.22. The zero-order chi connectivity index (χ0) is 12.8. The van der Waals surface area contributed by atoms with Crippen LogP contribution in [0.15, 0.2) is 34.5 Å². The van der Waals surface area contributed by atoms with Crippen molar-refractivity contribution < 1.29 is 14.3 Å². The third-order valence-electron chi connectivity index (χ3n) is 2.13. The number of Topliss-reactive ketones (excluding diaryl/α,β-unsaturated/α-hetero) is 2. The SMILES string of the molecule is COc1ccc(N=NC(C(C)=O)C(C)=O)cc1. The highest BCUT2D eigenvalue weighted by molar-refractivity contribution is 6.04. The zero-order valence-electron chi connectivity index (χ0n) is 10.0. The number of carbonyl (C=O) groups is 2. The molecule has 17 heavy (non-hydrogen) atoms. The Kier molecular flexibility index (Phi) is 4.51. The van der Waals surface area contributed by atoms with Gasteiger partial charge in [-0.1, -0.05) is 0 Å². The van der Waals surface area contributed by atoms with E-state index in [9.17, 15) is 9.59 Å². The monoisotopic (exact) mass is 234 g/mol. The number of carbonyl (C=O) groups excluding carboxylic acids is 2. The highest BCUT2D eigenvalue weighted by atomic mass is 16.5. The normalized spacial score (nSPS) is 10.8. The van der Waals surface area contributed by atoms with Gasteiger partial charge in [-0.25, -0.2) is 0 Å². The molecule has 0 aromatic heterocycles. The van der Waals surface area contributed by atoms with Crippen molar-refractivity contribution in [3.63, 3.8) is 0 Å². The number of ether oxygens (including phenoxy) is 1. The molecule has 0 unspecified atom stereocenters. The molecule has 1 rings (SSSR count). The summed E-state index contributed by atoms with van der Waals surface area (Å²) in [6, 6.07) is 5.84. The number of hydrogen-bond acceptors (Lipinski definition) is 5. The molecule has 0 aliphatic heterocycles. The van der Waals surface area contributed by atoms with Crippen LogP contribution in [0.2, 0.25) is 0 Å². The van der Waals surface area contributed by atoms with E-state index in [2.05, 4.69) is 10.2 Å². The van der Waals surface area contributed by atoms with Gasteiger partial charge in [-0.05, 0) is 38.1 Å². The molecule has 0 fully saturated rings. The van der Waals surface area contributed by atoms with E-state index in [1.165, 1.54) is 13.8 Å². The minimum Gasteiger partial charge on any atom is -0.497 e. The molecular weight excluding hydrogens is 220 g/mol. The minimum atomic E-state index is -1.00. The fourth-order valence-corrected chi connectivity index (χ4v) is 1.22. The molecule has 0 aliphatic rings. The summed E-state index contributed by atoms with van der Waals surface area (Å²) in [6.07, 6.45) is 0. The molecule has 5 nitrogen and oxygen atoms in total. The molecule has 0 amide bonds. The Morgan fingerprint density at radius 2 is 1.65 bits per heavy atom. The molecule has 0 atom stereocenters. The number of methoxy groups -OCH3 is 1. The summed E-state index contributed by atoms with van der Waals surface area (Å²) in [5.41, 5.74) is 0.568. The number of ketones is 2. The van der Waals surface area contributed by atoms with Crippen molar-refractivity contribution in [3.05, 3.63) is 24.3 Å². The van der Waals surface area contributed by atoms with Crippen molar-refractivity contribution in [1.29, 1.82) is 0 Å². The van der Waals surface area contributed by atoms with Crippen molar-refractivity contribution in [2.75, 3.05) is 7.11 Å². The lowest BCUT2D eigenvalue weighted by Crippen LogP contribution is -2.23. The Morgan fingerprint density at radius 1 is 1.12 bits per heavy atom. The van der Waals surface area contributed by atoms with Crippen molar-refractivity contribution in [2.45, 2.75) is 19.9 Å². The van der Waals surface area contributed by atoms with E-state index in [0.717, 1.165) is 0 Å². The molecule has 0 bridgehead atoms. The molecule has 5 heteroatoms. The van der Waals surface area contributed by atoms with Crippen LogP contribution < -0.4 is 4.74 Å². The smallest absolute Gasteiger partial charge is 0.187 e. The van der Waals surface area contributed by atoms with Gasteiger partial charge in [0.2, 0.25) is 0 Å². The topological polar surface area (TPSA) is 68.1 Å². The van der Waals surface area contributed by atoms with E-state index in [4.69, 9.17) is 4.74 Å². The number of hydrogen-bond donors (Lipinski definition) is 0. The van der Waals surface area contributed by atoms with E-state index in [1.807, 2.05) is 0 Å². The predicted molar refractivity (Wildman–Crippen MR) is 62.7 cm³/mol. The highest BCUT2D eigenvalue weighted by Gasteiger charge is 2.18. The van der Waals surface area contributed by atoms with E-state index in [-0.39, 0.29) is 11.6 Å². The predicted octanol–water partition coefficient (Wildman–Crippen LogP) is 2.33. The average Bonchev–Trinajstić information content (AvgIpc) is 2.29. The Bertz CT molecular complexity index is 424. The fraction of sp³-hybridized carbons (Fsp3) is 0.333. The van der Waals surface area contributed by atoms with Crippen LogP contribution in [0.1, 0.15) is 13.8 Å². The standard InChI is InChI=1S/C12H14N2O3/c1-8(15)12(9(2)16)14-13-10-4-6-11(17-3)7-5-10/h4-7,12H,1-3H3. The molecular formula is C12H14N2O3. The van der Waals surface area contributed by atoms with Gasteiger partial charge in [-0.2, -0.15) is 10.2 Å². The first-order valence-electron chi connectivity index (χ1n) is 5.10. The van der Waals surface area contributed by atoms with Crippen LogP contribution >= 0.6 is 0 Å². The largest absolute Gasteiger partial charge is 0.497 e. The van der Waals surface area contributed by atoms with Gasteiger partial charge in [-0.15, -0.1) is 0 Å². The van der Waals surface area contributed by atoms with Crippen LogP contribution in [0, 0.1) is 0 Å². The van der Waals surface area contributed by atoms with Gasteiger partial charge < -0.3 is 4.74 Å². The molecule has 0 saturated carbocycles. The molecule has 0 spiro atoms. The first kappa shape index (κ1) is 13.0. The van der Waals surface area contributed by atoms with Crippen LogP contribution in [0.25, 0.3) is 0 Å². The molecule has 0 aliphatic carbocycles. The van der Waals surface area contributed by atoms with Crippen molar-refractivity contribution >= 4 is 17.3 Å². The van der Waals surface area contributed by atoms with Gasteiger partial charge in [0.05, 0.1) is 12.8 Å². The second-order valence-corrected chi connectivity index (χ2v) is 3.54. The third kappa shape index (κ3) is 3.79. The second kappa shape index (κ2) is 5.89.